The van der Waals surface area contributed by atoms with Gasteiger partial charge in [-0.05, 0) is 46.6 Å². The van der Waals surface area contributed by atoms with Gasteiger partial charge in [-0.3, -0.25) is 4.79 Å². The van der Waals surface area contributed by atoms with Crippen molar-refractivity contribution in [3.05, 3.63) is 57.9 Å². The van der Waals surface area contributed by atoms with Gasteiger partial charge in [-0.25, -0.2) is 9.37 Å². The maximum Gasteiger partial charge on any atom is 0.258 e. The van der Waals surface area contributed by atoms with Gasteiger partial charge in [0, 0.05) is 6.20 Å². The van der Waals surface area contributed by atoms with Crippen LogP contribution in [-0.4, -0.2) is 10.9 Å². The minimum atomic E-state index is -0.473. The van der Waals surface area contributed by atoms with E-state index in [0.717, 1.165) is 5.56 Å². The van der Waals surface area contributed by atoms with Crippen LogP contribution in [0.4, 0.5) is 10.2 Å². The predicted octanol–water partition coefficient (Wildman–Crippen LogP) is 3.54. The van der Waals surface area contributed by atoms with Gasteiger partial charge < -0.3 is 5.32 Å². The van der Waals surface area contributed by atoms with E-state index in [4.69, 9.17) is 0 Å². The SMILES string of the molecule is Cc1ccc(NC(=O)c2cccc(F)c2Br)nc1. The highest BCUT2D eigenvalue weighted by atomic mass is 79.9. The molecular weight excluding hydrogens is 299 g/mol. The molecule has 0 atom stereocenters. The quantitative estimate of drug-likeness (QED) is 0.922. The minimum absolute atomic E-state index is 0.148. The Labute approximate surface area is 112 Å². The molecule has 0 aliphatic rings. The predicted molar refractivity (Wildman–Crippen MR) is 71.0 cm³/mol. The number of anilines is 1. The van der Waals surface area contributed by atoms with Crippen LogP contribution in [-0.2, 0) is 0 Å². The van der Waals surface area contributed by atoms with Gasteiger partial charge in [-0.1, -0.05) is 12.1 Å². The van der Waals surface area contributed by atoms with E-state index in [1.807, 2.05) is 13.0 Å². The second-order valence-corrected chi connectivity index (χ2v) is 4.57. The second kappa shape index (κ2) is 5.27. The van der Waals surface area contributed by atoms with Gasteiger partial charge in [-0.15, -0.1) is 0 Å². The molecule has 1 N–H and O–H groups in total. The van der Waals surface area contributed by atoms with Gasteiger partial charge in [0.05, 0.1) is 10.0 Å². The molecule has 0 unspecified atom stereocenters. The highest BCUT2D eigenvalue weighted by Gasteiger charge is 2.13. The fourth-order valence-electron chi connectivity index (χ4n) is 1.40. The molecular formula is C13H10BrFN2O. The van der Waals surface area contributed by atoms with E-state index >= 15 is 0 Å². The van der Waals surface area contributed by atoms with Crippen molar-refractivity contribution in [2.45, 2.75) is 6.92 Å². The Morgan fingerprint density at radius 1 is 1.33 bits per heavy atom. The number of hydrogen-bond donors (Lipinski definition) is 1. The molecule has 18 heavy (non-hydrogen) atoms. The summed E-state index contributed by atoms with van der Waals surface area (Å²) in [6, 6.07) is 7.84. The molecule has 0 saturated carbocycles. The Kier molecular flexibility index (Phi) is 3.72. The molecule has 0 saturated heterocycles. The number of aryl methyl sites for hydroxylation is 1. The molecule has 0 bridgehead atoms. The van der Waals surface area contributed by atoms with E-state index in [0.29, 0.717) is 5.82 Å². The number of nitrogens with zero attached hydrogens (tertiary/aromatic N) is 1. The number of pyridine rings is 1. The Morgan fingerprint density at radius 2 is 2.11 bits per heavy atom. The molecule has 2 rings (SSSR count). The number of amides is 1. The first-order chi connectivity index (χ1) is 8.58. The highest BCUT2D eigenvalue weighted by molar-refractivity contribution is 9.10. The Bertz CT molecular complexity index is 584. The first kappa shape index (κ1) is 12.7. The maximum absolute atomic E-state index is 13.3. The molecule has 1 amide bonds. The molecule has 0 fully saturated rings. The van der Waals surface area contributed by atoms with Gasteiger partial charge in [0.25, 0.3) is 5.91 Å². The zero-order valence-corrected chi connectivity index (χ0v) is 11.2. The van der Waals surface area contributed by atoms with E-state index in [-0.39, 0.29) is 10.0 Å². The van der Waals surface area contributed by atoms with E-state index in [9.17, 15) is 9.18 Å². The lowest BCUT2D eigenvalue weighted by Crippen LogP contribution is -2.14. The average molecular weight is 309 g/mol. The summed E-state index contributed by atoms with van der Waals surface area (Å²) in [5, 5.41) is 2.61. The average Bonchev–Trinajstić information content (AvgIpc) is 2.35. The molecule has 0 aliphatic heterocycles. The number of rotatable bonds is 2. The van der Waals surface area contributed by atoms with Crippen LogP contribution in [0.3, 0.4) is 0 Å². The summed E-state index contributed by atoms with van der Waals surface area (Å²) in [6.45, 7) is 1.90. The Hall–Kier alpha value is -1.75. The zero-order chi connectivity index (χ0) is 13.1. The van der Waals surface area contributed by atoms with Gasteiger partial charge in [-0.2, -0.15) is 0 Å². The fraction of sp³-hybridized carbons (Fsp3) is 0.0769. The molecule has 1 aromatic carbocycles. The van der Waals surface area contributed by atoms with E-state index in [1.165, 1.54) is 18.2 Å². The normalized spacial score (nSPS) is 10.2. The first-order valence-electron chi connectivity index (χ1n) is 5.26. The van der Waals surface area contributed by atoms with Crippen LogP contribution in [0, 0.1) is 12.7 Å². The van der Waals surface area contributed by atoms with E-state index in [2.05, 4.69) is 26.2 Å². The first-order valence-corrected chi connectivity index (χ1v) is 6.05. The number of hydrogen-bond acceptors (Lipinski definition) is 2. The standard InChI is InChI=1S/C13H10BrFN2O/c1-8-5-6-11(16-7-8)17-13(18)9-3-2-4-10(15)12(9)14/h2-7H,1H3,(H,16,17,18). The van der Waals surface area contributed by atoms with Crippen molar-refractivity contribution in [3.63, 3.8) is 0 Å². The molecule has 92 valence electrons. The molecule has 0 aliphatic carbocycles. The molecule has 1 heterocycles. The summed E-state index contributed by atoms with van der Waals surface area (Å²) >= 11 is 3.05. The van der Waals surface area contributed by atoms with Crippen molar-refractivity contribution in [2.75, 3.05) is 5.32 Å². The van der Waals surface area contributed by atoms with E-state index in [1.54, 1.807) is 12.3 Å². The Morgan fingerprint density at radius 3 is 2.78 bits per heavy atom. The van der Waals surface area contributed by atoms with Crippen LogP contribution in [0.25, 0.3) is 0 Å². The van der Waals surface area contributed by atoms with Crippen molar-refractivity contribution in [2.24, 2.45) is 0 Å². The summed E-state index contributed by atoms with van der Waals surface area (Å²) in [5.41, 5.74) is 1.23. The minimum Gasteiger partial charge on any atom is -0.307 e. The molecule has 0 radical (unpaired) electrons. The number of carbonyl (C=O) groups excluding carboxylic acids is 1. The molecule has 1 aromatic heterocycles. The van der Waals surface area contributed by atoms with Gasteiger partial charge in [0.15, 0.2) is 0 Å². The summed E-state index contributed by atoms with van der Waals surface area (Å²) < 4.78 is 13.4. The van der Waals surface area contributed by atoms with Crippen LogP contribution in [0.2, 0.25) is 0 Å². The third-order valence-corrected chi connectivity index (χ3v) is 3.16. The van der Waals surface area contributed by atoms with Crippen LogP contribution >= 0.6 is 15.9 Å². The molecule has 3 nitrogen and oxygen atoms in total. The number of nitrogens with one attached hydrogen (secondary N) is 1. The third kappa shape index (κ3) is 2.73. The topological polar surface area (TPSA) is 42.0 Å². The molecule has 5 heteroatoms. The second-order valence-electron chi connectivity index (χ2n) is 3.78. The smallest absolute Gasteiger partial charge is 0.258 e. The lowest BCUT2D eigenvalue weighted by atomic mass is 10.2. The number of aromatic nitrogens is 1. The van der Waals surface area contributed by atoms with Crippen molar-refractivity contribution in [3.8, 4) is 0 Å². The maximum atomic E-state index is 13.3. The summed E-state index contributed by atoms with van der Waals surface area (Å²) in [7, 11) is 0. The largest absolute Gasteiger partial charge is 0.307 e. The van der Waals surface area contributed by atoms with Crippen molar-refractivity contribution >= 4 is 27.7 Å². The molecule has 2 aromatic rings. The van der Waals surface area contributed by atoms with E-state index < -0.39 is 11.7 Å². The van der Waals surface area contributed by atoms with Crippen molar-refractivity contribution in [1.29, 1.82) is 0 Å². The summed E-state index contributed by atoms with van der Waals surface area (Å²) in [5.74, 6) is -0.445. The lowest BCUT2D eigenvalue weighted by Gasteiger charge is -2.06. The summed E-state index contributed by atoms with van der Waals surface area (Å²) in [4.78, 5) is 16.0. The fourth-order valence-corrected chi connectivity index (χ4v) is 1.85. The number of halogens is 2. The van der Waals surface area contributed by atoms with Crippen LogP contribution in [0.15, 0.2) is 41.0 Å². The van der Waals surface area contributed by atoms with Crippen LogP contribution in [0.1, 0.15) is 15.9 Å². The Balaban J connectivity index is 2.22. The van der Waals surface area contributed by atoms with Crippen molar-refractivity contribution in [1.82, 2.24) is 4.98 Å². The molecule has 0 spiro atoms. The van der Waals surface area contributed by atoms with Gasteiger partial charge >= 0.3 is 0 Å². The summed E-state index contributed by atoms with van der Waals surface area (Å²) in [6.07, 6.45) is 1.65. The van der Waals surface area contributed by atoms with Crippen molar-refractivity contribution < 1.29 is 9.18 Å². The number of carbonyl (C=O) groups is 1. The van der Waals surface area contributed by atoms with Crippen LogP contribution < -0.4 is 5.32 Å². The third-order valence-electron chi connectivity index (χ3n) is 2.35. The zero-order valence-electron chi connectivity index (χ0n) is 9.58. The number of benzene rings is 1. The lowest BCUT2D eigenvalue weighted by molar-refractivity contribution is 0.102. The van der Waals surface area contributed by atoms with Gasteiger partial charge in [0.2, 0.25) is 0 Å². The van der Waals surface area contributed by atoms with Gasteiger partial charge in [0.1, 0.15) is 11.6 Å². The van der Waals surface area contributed by atoms with Crippen LogP contribution in [0.5, 0.6) is 0 Å². The highest BCUT2D eigenvalue weighted by Crippen LogP contribution is 2.21. The monoisotopic (exact) mass is 308 g/mol.